The van der Waals surface area contributed by atoms with Crippen LogP contribution in [0.1, 0.15) is 10.4 Å². The minimum atomic E-state index is -0.382. The molecule has 0 radical (unpaired) electrons. The fourth-order valence-corrected chi connectivity index (χ4v) is 2.74. The second-order valence-corrected chi connectivity index (χ2v) is 6.04. The number of hydrogen-bond donors (Lipinski definition) is 2. The monoisotopic (exact) mass is 408 g/mol. The second kappa shape index (κ2) is 9.82. The largest absolute Gasteiger partial charge is 0.346 e. The number of hydrogen-bond acceptors (Lipinski definition) is 4. The zero-order valence-corrected chi connectivity index (χ0v) is 15.7. The Bertz CT molecular complexity index is 649. The topological polar surface area (TPSA) is 95.7 Å². The lowest BCUT2D eigenvalue weighted by molar-refractivity contribution is -0.133. The minimum absolute atomic E-state index is 0. The van der Waals surface area contributed by atoms with Crippen molar-refractivity contribution in [2.24, 2.45) is 5.73 Å². The Kier molecular flexibility index (Phi) is 8.44. The van der Waals surface area contributed by atoms with Crippen molar-refractivity contribution in [1.82, 2.24) is 15.1 Å². The third kappa shape index (κ3) is 5.47. The van der Waals surface area contributed by atoms with Gasteiger partial charge in [0.05, 0.1) is 28.7 Å². The minimum Gasteiger partial charge on any atom is -0.346 e. The summed E-state index contributed by atoms with van der Waals surface area (Å²) in [5, 5.41) is 2.99. The lowest BCUT2D eigenvalue weighted by atomic mass is 10.1. The van der Waals surface area contributed by atoms with Crippen LogP contribution in [0.2, 0.25) is 10.0 Å². The average Bonchev–Trinajstić information content (AvgIpc) is 2.61. The van der Waals surface area contributed by atoms with Crippen LogP contribution >= 0.6 is 35.6 Å². The normalized spacial score (nSPS) is 13.9. The first-order valence-electron chi connectivity index (χ1n) is 7.42. The predicted octanol–water partition coefficient (Wildman–Crippen LogP) is 0.775. The molecule has 7 nitrogen and oxygen atoms in total. The summed E-state index contributed by atoms with van der Waals surface area (Å²) in [5.41, 5.74) is 5.51. The maximum atomic E-state index is 12.5. The molecule has 0 aliphatic carbocycles. The van der Waals surface area contributed by atoms with E-state index in [1.165, 1.54) is 0 Å². The van der Waals surface area contributed by atoms with E-state index < -0.39 is 0 Å². The van der Waals surface area contributed by atoms with Crippen molar-refractivity contribution >= 4 is 53.3 Å². The number of nitrogens with zero attached hydrogens (tertiary/aromatic N) is 2. The Hall–Kier alpha value is -1.54. The van der Waals surface area contributed by atoms with Crippen LogP contribution in [-0.4, -0.2) is 66.8 Å². The maximum absolute atomic E-state index is 12.5. The van der Waals surface area contributed by atoms with E-state index in [0.717, 1.165) is 0 Å². The molecule has 3 amide bonds. The first-order valence-corrected chi connectivity index (χ1v) is 8.17. The highest BCUT2D eigenvalue weighted by Gasteiger charge is 2.26. The fourth-order valence-electron chi connectivity index (χ4n) is 2.36. The summed E-state index contributed by atoms with van der Waals surface area (Å²) in [4.78, 5) is 38.8. The number of carbonyl (C=O) groups is 3. The first-order chi connectivity index (χ1) is 11.4. The number of carbonyl (C=O) groups excluding carboxylic acids is 3. The highest BCUT2D eigenvalue weighted by Crippen LogP contribution is 2.26. The van der Waals surface area contributed by atoms with Gasteiger partial charge in [-0.15, -0.1) is 12.4 Å². The molecule has 0 atom stereocenters. The number of nitrogens with two attached hydrogens (primary N) is 1. The number of rotatable bonds is 4. The standard InChI is InChI=1S/C15H18Cl2N4O3.ClH/c16-11-3-1-2-10(14(11)17)15(24)21-6-4-20(5-7-21)13(23)9-19-12(22)8-18;/h1-3H,4-9,18H2,(H,19,22);1H. The quantitative estimate of drug-likeness (QED) is 0.768. The Balaban J connectivity index is 0.00000312. The molecule has 0 saturated carbocycles. The van der Waals surface area contributed by atoms with Gasteiger partial charge in [0.25, 0.3) is 5.91 Å². The number of halogens is 3. The van der Waals surface area contributed by atoms with E-state index in [2.05, 4.69) is 5.32 Å². The van der Waals surface area contributed by atoms with Gasteiger partial charge in [-0.05, 0) is 12.1 Å². The Morgan fingerprint density at radius 1 is 1.08 bits per heavy atom. The maximum Gasteiger partial charge on any atom is 0.255 e. The lowest BCUT2D eigenvalue weighted by Crippen LogP contribution is -2.52. The third-order valence-corrected chi connectivity index (χ3v) is 4.54. The Morgan fingerprint density at radius 2 is 1.68 bits per heavy atom. The Morgan fingerprint density at radius 3 is 2.28 bits per heavy atom. The molecule has 3 N–H and O–H groups in total. The summed E-state index contributed by atoms with van der Waals surface area (Å²) < 4.78 is 0. The van der Waals surface area contributed by atoms with Crippen molar-refractivity contribution in [1.29, 1.82) is 0 Å². The molecule has 25 heavy (non-hydrogen) atoms. The fraction of sp³-hybridized carbons (Fsp3) is 0.400. The van der Waals surface area contributed by atoms with Crippen LogP contribution in [0.4, 0.5) is 0 Å². The van der Waals surface area contributed by atoms with Gasteiger partial charge < -0.3 is 20.9 Å². The zero-order valence-electron chi connectivity index (χ0n) is 13.3. The molecule has 1 heterocycles. The highest BCUT2D eigenvalue weighted by molar-refractivity contribution is 6.43. The van der Waals surface area contributed by atoms with Crippen molar-refractivity contribution in [3.05, 3.63) is 33.8 Å². The van der Waals surface area contributed by atoms with Crippen molar-refractivity contribution in [3.63, 3.8) is 0 Å². The van der Waals surface area contributed by atoms with Crippen molar-refractivity contribution < 1.29 is 14.4 Å². The average molecular weight is 410 g/mol. The van der Waals surface area contributed by atoms with Crippen molar-refractivity contribution in [2.75, 3.05) is 39.3 Å². The molecular weight excluding hydrogens is 391 g/mol. The van der Waals surface area contributed by atoms with E-state index in [4.69, 9.17) is 28.9 Å². The summed E-state index contributed by atoms with van der Waals surface area (Å²) in [6.07, 6.45) is 0. The lowest BCUT2D eigenvalue weighted by Gasteiger charge is -2.35. The number of benzene rings is 1. The summed E-state index contributed by atoms with van der Waals surface area (Å²) in [6.45, 7) is 1.30. The van der Waals surface area contributed by atoms with Gasteiger partial charge >= 0.3 is 0 Å². The van der Waals surface area contributed by atoms with Crippen LogP contribution in [0.5, 0.6) is 0 Å². The van der Waals surface area contributed by atoms with E-state index in [9.17, 15) is 14.4 Å². The molecule has 138 valence electrons. The molecule has 1 fully saturated rings. The molecular formula is C15H19Cl3N4O3. The summed E-state index contributed by atoms with van der Waals surface area (Å²) in [7, 11) is 0. The molecule has 1 aromatic rings. The summed E-state index contributed by atoms with van der Waals surface area (Å²) in [5.74, 6) is -0.802. The summed E-state index contributed by atoms with van der Waals surface area (Å²) in [6, 6.07) is 4.91. The third-order valence-electron chi connectivity index (χ3n) is 3.72. The van der Waals surface area contributed by atoms with E-state index in [-0.39, 0.29) is 48.2 Å². The number of piperazine rings is 1. The predicted molar refractivity (Wildman–Crippen MR) is 98.3 cm³/mol. The van der Waals surface area contributed by atoms with E-state index >= 15 is 0 Å². The molecule has 0 spiro atoms. The van der Waals surface area contributed by atoms with Crippen LogP contribution in [-0.2, 0) is 9.59 Å². The van der Waals surface area contributed by atoms with Gasteiger partial charge in [-0.25, -0.2) is 0 Å². The molecule has 0 bridgehead atoms. The molecule has 1 aliphatic rings. The van der Waals surface area contributed by atoms with Gasteiger partial charge in [-0.1, -0.05) is 29.3 Å². The van der Waals surface area contributed by atoms with Crippen LogP contribution in [0.3, 0.4) is 0 Å². The van der Waals surface area contributed by atoms with Gasteiger partial charge in [-0.3, -0.25) is 14.4 Å². The molecule has 0 unspecified atom stereocenters. The van der Waals surface area contributed by atoms with Gasteiger partial charge in [0.15, 0.2) is 0 Å². The molecule has 1 saturated heterocycles. The van der Waals surface area contributed by atoms with Gasteiger partial charge in [0.2, 0.25) is 11.8 Å². The van der Waals surface area contributed by atoms with Crippen LogP contribution in [0.15, 0.2) is 18.2 Å². The van der Waals surface area contributed by atoms with Crippen molar-refractivity contribution in [2.45, 2.75) is 0 Å². The molecule has 0 aromatic heterocycles. The SMILES string of the molecule is Cl.NCC(=O)NCC(=O)N1CCN(C(=O)c2cccc(Cl)c2Cl)CC1. The number of nitrogens with one attached hydrogen (secondary N) is 1. The van der Waals surface area contributed by atoms with E-state index in [0.29, 0.717) is 36.8 Å². The molecule has 10 heteroatoms. The molecule has 1 aliphatic heterocycles. The summed E-state index contributed by atoms with van der Waals surface area (Å²) >= 11 is 12.0. The van der Waals surface area contributed by atoms with E-state index in [1.807, 2.05) is 0 Å². The van der Waals surface area contributed by atoms with E-state index in [1.54, 1.807) is 28.0 Å². The van der Waals surface area contributed by atoms with Crippen LogP contribution in [0, 0.1) is 0 Å². The smallest absolute Gasteiger partial charge is 0.255 e. The Labute approximate surface area is 161 Å². The zero-order chi connectivity index (χ0) is 17.7. The first kappa shape index (κ1) is 21.5. The van der Waals surface area contributed by atoms with Gasteiger partial charge in [0, 0.05) is 26.2 Å². The molecule has 2 rings (SSSR count). The second-order valence-electron chi connectivity index (χ2n) is 5.26. The van der Waals surface area contributed by atoms with Crippen molar-refractivity contribution in [3.8, 4) is 0 Å². The van der Waals surface area contributed by atoms with Crippen LogP contribution in [0.25, 0.3) is 0 Å². The molecule has 1 aromatic carbocycles. The van der Waals surface area contributed by atoms with Crippen LogP contribution < -0.4 is 11.1 Å². The van der Waals surface area contributed by atoms with Gasteiger partial charge in [0.1, 0.15) is 0 Å². The highest BCUT2D eigenvalue weighted by atomic mass is 35.5. The number of amides is 3. The van der Waals surface area contributed by atoms with Gasteiger partial charge in [-0.2, -0.15) is 0 Å².